The first-order valence-corrected chi connectivity index (χ1v) is 9.87. The zero-order valence-corrected chi connectivity index (χ0v) is 15.8. The third-order valence-electron chi connectivity index (χ3n) is 4.18. The van der Waals surface area contributed by atoms with Crippen molar-refractivity contribution in [1.82, 2.24) is 0 Å². The first-order valence-electron chi connectivity index (χ1n) is 7.52. The number of nitrogens with zero attached hydrogens (tertiary/aromatic N) is 1. The van der Waals surface area contributed by atoms with E-state index in [1.807, 2.05) is 6.07 Å². The minimum atomic E-state index is -3.32. The highest BCUT2D eigenvalue weighted by Gasteiger charge is 2.36. The second-order valence-electron chi connectivity index (χ2n) is 6.44. The van der Waals surface area contributed by atoms with Gasteiger partial charge in [0.1, 0.15) is 10.5 Å². The molecule has 0 aliphatic heterocycles. The van der Waals surface area contributed by atoms with E-state index in [0.717, 1.165) is 0 Å². The Morgan fingerprint density at radius 3 is 2.50 bits per heavy atom. The quantitative estimate of drug-likeness (QED) is 0.734. The highest BCUT2D eigenvalue weighted by molar-refractivity contribution is 9.10. The average Bonchev–Trinajstić information content (AvgIpc) is 2.50. The van der Waals surface area contributed by atoms with Gasteiger partial charge in [-0.15, -0.1) is 0 Å². The van der Waals surface area contributed by atoms with Gasteiger partial charge in [0, 0.05) is 12.8 Å². The Balaban J connectivity index is 2.18. The van der Waals surface area contributed by atoms with Crippen molar-refractivity contribution in [2.45, 2.75) is 61.2 Å². The Hall–Kier alpha value is -1.20. The Kier molecular flexibility index (Phi) is 5.26. The molecule has 2 rings (SSSR count). The lowest BCUT2D eigenvalue weighted by molar-refractivity contribution is -0.0583. The minimum Gasteiger partial charge on any atom is -0.489 e. The molecule has 1 atom stereocenters. The molecule has 132 valence electrons. The van der Waals surface area contributed by atoms with Crippen LogP contribution < -0.4 is 4.74 Å². The minimum absolute atomic E-state index is 0.190. The maximum atomic E-state index is 13.2. The smallest absolute Gasteiger partial charge is 0.248 e. The molecule has 1 aliphatic carbocycles. The summed E-state index contributed by atoms with van der Waals surface area (Å²) in [5.41, 5.74) is 0. The zero-order valence-electron chi connectivity index (χ0n) is 13.4. The molecule has 1 saturated carbocycles. The van der Waals surface area contributed by atoms with Gasteiger partial charge in [0.2, 0.25) is 5.92 Å². The van der Waals surface area contributed by atoms with Crippen molar-refractivity contribution in [3.8, 4) is 11.8 Å². The van der Waals surface area contributed by atoms with E-state index in [1.54, 1.807) is 6.07 Å². The summed E-state index contributed by atoms with van der Waals surface area (Å²) >= 11 is 3.31. The van der Waals surface area contributed by atoms with Crippen LogP contribution in [-0.4, -0.2) is 21.0 Å². The summed E-state index contributed by atoms with van der Waals surface area (Å²) in [5, 5.41) is 9.13. The molecule has 1 aliphatic rings. The molecule has 0 radical (unpaired) electrons. The van der Waals surface area contributed by atoms with Crippen LogP contribution in [0.5, 0.6) is 5.75 Å². The lowest BCUT2D eigenvalue weighted by atomic mass is 9.94. The molecule has 4 nitrogen and oxygen atoms in total. The molecule has 0 spiro atoms. The number of nitrogens with one attached hydrogen (secondary N) is 1. The maximum absolute atomic E-state index is 13.2. The van der Waals surface area contributed by atoms with Gasteiger partial charge in [0.05, 0.1) is 31.3 Å². The van der Waals surface area contributed by atoms with Gasteiger partial charge in [-0.3, -0.25) is 0 Å². The summed E-state index contributed by atoms with van der Waals surface area (Å²) < 4.78 is 52.0. The van der Waals surface area contributed by atoms with Gasteiger partial charge in [0.25, 0.3) is 0 Å². The molecule has 0 saturated heterocycles. The molecule has 0 heterocycles. The monoisotopic (exact) mass is 420 g/mol. The topological polar surface area (TPSA) is 73.9 Å². The molecule has 1 fully saturated rings. The third-order valence-corrected chi connectivity index (χ3v) is 7.25. The Bertz CT molecular complexity index is 763. The van der Waals surface area contributed by atoms with E-state index >= 15 is 0 Å². The second kappa shape index (κ2) is 6.60. The number of benzene rings is 1. The lowest BCUT2D eigenvalue weighted by Crippen LogP contribution is -2.31. The molecule has 1 unspecified atom stereocenters. The fourth-order valence-electron chi connectivity index (χ4n) is 2.43. The first-order chi connectivity index (χ1) is 11.0. The van der Waals surface area contributed by atoms with Crippen LogP contribution in [0.25, 0.3) is 0 Å². The van der Waals surface area contributed by atoms with Gasteiger partial charge in [0.15, 0.2) is 0 Å². The van der Waals surface area contributed by atoms with Crippen LogP contribution in [0.15, 0.2) is 27.6 Å². The lowest BCUT2D eigenvalue weighted by Gasteiger charge is -2.29. The van der Waals surface area contributed by atoms with E-state index in [0.29, 0.717) is 10.2 Å². The Labute approximate surface area is 149 Å². The van der Waals surface area contributed by atoms with Crippen molar-refractivity contribution in [3.63, 3.8) is 0 Å². The van der Waals surface area contributed by atoms with Crippen molar-refractivity contribution in [3.05, 3.63) is 22.7 Å². The van der Waals surface area contributed by atoms with Gasteiger partial charge in [-0.05, 0) is 60.8 Å². The summed E-state index contributed by atoms with van der Waals surface area (Å²) in [7, 11) is -3.32. The van der Waals surface area contributed by atoms with Crippen molar-refractivity contribution < 1.29 is 17.7 Å². The molecule has 0 aromatic heterocycles. The average molecular weight is 421 g/mol. The molecular weight excluding hydrogens is 402 g/mol. The normalized spacial score (nSPS) is 20.8. The molecule has 1 aromatic carbocycles. The van der Waals surface area contributed by atoms with Gasteiger partial charge in [-0.1, -0.05) is 0 Å². The predicted octanol–water partition coefficient (Wildman–Crippen LogP) is 5.11. The number of hydrogen-bond donors (Lipinski definition) is 1. The van der Waals surface area contributed by atoms with Crippen LogP contribution >= 0.6 is 15.9 Å². The Morgan fingerprint density at radius 2 is 2.00 bits per heavy atom. The highest BCUT2D eigenvalue weighted by atomic mass is 79.9. The summed E-state index contributed by atoms with van der Waals surface area (Å²) in [6.45, 7) is 2.92. The summed E-state index contributed by atoms with van der Waals surface area (Å²) in [6.07, 6.45) is -0.118. The van der Waals surface area contributed by atoms with Gasteiger partial charge in [-0.2, -0.15) is 5.26 Å². The third kappa shape index (κ3) is 3.89. The van der Waals surface area contributed by atoms with Crippen LogP contribution in [0.3, 0.4) is 0 Å². The zero-order chi connectivity index (χ0) is 18.2. The highest BCUT2D eigenvalue weighted by Crippen LogP contribution is 2.37. The number of rotatable bonds is 4. The van der Waals surface area contributed by atoms with Crippen molar-refractivity contribution >= 4 is 25.7 Å². The van der Waals surface area contributed by atoms with Crippen molar-refractivity contribution in [2.24, 2.45) is 0 Å². The maximum Gasteiger partial charge on any atom is 0.248 e. The van der Waals surface area contributed by atoms with Crippen LogP contribution in [0.2, 0.25) is 0 Å². The van der Waals surface area contributed by atoms with E-state index in [1.165, 1.54) is 26.0 Å². The fourth-order valence-corrected chi connectivity index (χ4v) is 4.31. The number of hydrogen-bond acceptors (Lipinski definition) is 4. The summed E-state index contributed by atoms with van der Waals surface area (Å²) in [4.78, 5) is 0.225. The molecule has 1 N–H and O–H groups in total. The SMILES string of the molecule is CC(C)(C#N)S(=N)(=O)c1ccc(OC2CCC(F)(F)CC2)c(Br)c1. The van der Waals surface area contributed by atoms with E-state index in [4.69, 9.17) is 14.8 Å². The van der Waals surface area contributed by atoms with Crippen LogP contribution in [0.1, 0.15) is 39.5 Å². The molecule has 0 amide bonds. The molecular formula is C16H19BrF2N2O2S. The van der Waals surface area contributed by atoms with E-state index < -0.39 is 20.4 Å². The van der Waals surface area contributed by atoms with Crippen LogP contribution in [0, 0.1) is 16.1 Å². The number of nitriles is 1. The van der Waals surface area contributed by atoms with Crippen molar-refractivity contribution in [2.75, 3.05) is 0 Å². The van der Waals surface area contributed by atoms with Gasteiger partial charge in [-0.25, -0.2) is 17.8 Å². The predicted molar refractivity (Wildman–Crippen MR) is 90.8 cm³/mol. The first kappa shape index (κ1) is 19.1. The summed E-state index contributed by atoms with van der Waals surface area (Å²) in [5.74, 6) is -2.15. The molecule has 24 heavy (non-hydrogen) atoms. The Morgan fingerprint density at radius 1 is 1.42 bits per heavy atom. The second-order valence-corrected chi connectivity index (χ2v) is 9.90. The largest absolute Gasteiger partial charge is 0.489 e. The van der Waals surface area contributed by atoms with Gasteiger partial charge < -0.3 is 4.74 Å². The molecule has 0 bridgehead atoms. The van der Waals surface area contributed by atoms with E-state index in [2.05, 4.69) is 15.9 Å². The van der Waals surface area contributed by atoms with E-state index in [9.17, 15) is 13.0 Å². The standard InChI is InChI=1S/C16H19BrF2N2O2S/c1-15(2,10-20)24(21,22)12-3-4-14(13(17)9-12)23-11-5-7-16(18,19)8-6-11/h3-4,9,11,21H,5-8H2,1-2H3. The summed E-state index contributed by atoms with van der Waals surface area (Å²) in [6, 6.07) is 6.46. The van der Waals surface area contributed by atoms with Crippen LogP contribution in [0.4, 0.5) is 8.78 Å². The molecule has 1 aromatic rings. The number of alkyl halides is 2. The van der Waals surface area contributed by atoms with Crippen LogP contribution in [-0.2, 0) is 9.73 Å². The number of ether oxygens (including phenoxy) is 1. The van der Waals surface area contributed by atoms with E-state index in [-0.39, 0.29) is 36.7 Å². The fraction of sp³-hybridized carbons (Fsp3) is 0.562. The van der Waals surface area contributed by atoms with Gasteiger partial charge >= 0.3 is 0 Å². The van der Waals surface area contributed by atoms with Crippen molar-refractivity contribution in [1.29, 1.82) is 10.0 Å². The molecule has 8 heteroatoms. The number of halogens is 3.